The van der Waals surface area contributed by atoms with Crippen LogP contribution in [-0.2, 0) is 0 Å². The molecule has 2 nitrogen and oxygen atoms in total. The van der Waals surface area contributed by atoms with E-state index < -0.39 is 5.92 Å². The SMILES string of the molecule is FC1(F)CN(C[C@H]2[C@@H]3CNC[C@@H]32)C1. The Kier molecular flexibility index (Phi) is 1.51. The smallest absolute Gasteiger partial charge is 0.272 e. The van der Waals surface area contributed by atoms with Crippen molar-refractivity contribution >= 4 is 0 Å². The Labute approximate surface area is 76.3 Å². The first-order valence-electron chi connectivity index (χ1n) is 4.97. The predicted molar refractivity (Wildman–Crippen MR) is 44.7 cm³/mol. The summed E-state index contributed by atoms with van der Waals surface area (Å²) < 4.78 is 25.0. The minimum atomic E-state index is -2.39. The van der Waals surface area contributed by atoms with E-state index in [0.717, 1.165) is 37.4 Å². The van der Waals surface area contributed by atoms with Gasteiger partial charge in [-0.3, -0.25) is 4.90 Å². The zero-order valence-corrected chi connectivity index (χ0v) is 7.47. The van der Waals surface area contributed by atoms with Gasteiger partial charge >= 0.3 is 0 Å². The maximum Gasteiger partial charge on any atom is 0.272 e. The largest absolute Gasteiger partial charge is 0.316 e. The van der Waals surface area contributed by atoms with Crippen LogP contribution in [0.25, 0.3) is 0 Å². The summed E-state index contributed by atoms with van der Waals surface area (Å²) in [6.45, 7) is 3.12. The average Bonchev–Trinajstić information content (AvgIpc) is 2.47. The molecule has 0 amide bonds. The van der Waals surface area contributed by atoms with Gasteiger partial charge in [0.05, 0.1) is 13.1 Å². The summed E-state index contributed by atoms with van der Waals surface area (Å²) >= 11 is 0. The van der Waals surface area contributed by atoms with E-state index in [1.165, 1.54) is 0 Å². The monoisotopic (exact) mass is 188 g/mol. The Morgan fingerprint density at radius 1 is 1.23 bits per heavy atom. The van der Waals surface area contributed by atoms with Crippen LogP contribution in [0.1, 0.15) is 0 Å². The molecule has 2 aliphatic heterocycles. The van der Waals surface area contributed by atoms with Crippen LogP contribution in [0.3, 0.4) is 0 Å². The lowest BCUT2D eigenvalue weighted by molar-refractivity contribution is -0.132. The second-order valence-corrected chi connectivity index (χ2v) is 4.68. The molecule has 0 unspecified atom stereocenters. The fraction of sp³-hybridized carbons (Fsp3) is 1.00. The van der Waals surface area contributed by atoms with Gasteiger partial charge in [-0.1, -0.05) is 0 Å². The number of nitrogens with zero attached hydrogens (tertiary/aromatic N) is 1. The van der Waals surface area contributed by atoms with E-state index in [2.05, 4.69) is 5.32 Å². The Hall–Kier alpha value is -0.220. The lowest BCUT2D eigenvalue weighted by Gasteiger charge is -2.39. The number of fused-ring (bicyclic) bond motifs is 1. The Morgan fingerprint density at radius 2 is 1.85 bits per heavy atom. The van der Waals surface area contributed by atoms with E-state index in [1.807, 2.05) is 4.90 Å². The van der Waals surface area contributed by atoms with Crippen molar-refractivity contribution in [2.75, 3.05) is 32.7 Å². The molecule has 2 heterocycles. The zero-order valence-electron chi connectivity index (χ0n) is 7.47. The Balaban J connectivity index is 1.46. The molecule has 74 valence electrons. The Morgan fingerprint density at radius 3 is 2.38 bits per heavy atom. The molecule has 0 aromatic heterocycles. The fourth-order valence-electron chi connectivity index (χ4n) is 2.85. The van der Waals surface area contributed by atoms with Crippen molar-refractivity contribution in [3.8, 4) is 0 Å². The first kappa shape index (κ1) is 8.12. The molecule has 0 radical (unpaired) electrons. The predicted octanol–water partition coefficient (Wildman–Crippen LogP) is 0.403. The molecule has 2 saturated heterocycles. The van der Waals surface area contributed by atoms with E-state index in [1.54, 1.807) is 0 Å². The molecular weight excluding hydrogens is 174 g/mol. The molecule has 3 atom stereocenters. The van der Waals surface area contributed by atoms with Crippen LogP contribution < -0.4 is 5.32 Å². The number of alkyl halides is 2. The minimum absolute atomic E-state index is 0.00360. The highest BCUT2D eigenvalue weighted by Gasteiger charge is 2.55. The van der Waals surface area contributed by atoms with Crippen molar-refractivity contribution in [3.63, 3.8) is 0 Å². The number of nitrogens with one attached hydrogen (secondary N) is 1. The number of rotatable bonds is 2. The molecular formula is C9H14F2N2. The topological polar surface area (TPSA) is 15.3 Å². The van der Waals surface area contributed by atoms with Crippen molar-refractivity contribution in [1.29, 1.82) is 0 Å². The van der Waals surface area contributed by atoms with Gasteiger partial charge in [-0.05, 0) is 30.8 Å². The van der Waals surface area contributed by atoms with Gasteiger partial charge in [0.25, 0.3) is 5.92 Å². The number of hydrogen-bond donors (Lipinski definition) is 1. The van der Waals surface area contributed by atoms with Gasteiger partial charge in [-0.25, -0.2) is 8.78 Å². The highest BCUT2D eigenvalue weighted by atomic mass is 19.3. The maximum absolute atomic E-state index is 12.5. The second kappa shape index (κ2) is 2.42. The van der Waals surface area contributed by atoms with Gasteiger partial charge < -0.3 is 5.32 Å². The molecule has 3 rings (SSSR count). The molecule has 1 N–H and O–H groups in total. The number of piperidine rings is 1. The summed E-state index contributed by atoms with van der Waals surface area (Å²) in [6, 6.07) is 0. The van der Waals surface area contributed by atoms with E-state index in [0.29, 0.717) is 0 Å². The van der Waals surface area contributed by atoms with Gasteiger partial charge in [0.2, 0.25) is 0 Å². The third kappa shape index (κ3) is 1.27. The fourth-order valence-corrected chi connectivity index (χ4v) is 2.85. The maximum atomic E-state index is 12.5. The number of likely N-dealkylation sites (tertiary alicyclic amines) is 1. The van der Waals surface area contributed by atoms with Crippen LogP contribution in [0.15, 0.2) is 0 Å². The molecule has 0 aromatic carbocycles. The molecule has 1 saturated carbocycles. The van der Waals surface area contributed by atoms with Crippen molar-refractivity contribution < 1.29 is 8.78 Å². The molecule has 4 heteroatoms. The van der Waals surface area contributed by atoms with Crippen LogP contribution in [0.5, 0.6) is 0 Å². The van der Waals surface area contributed by atoms with Gasteiger partial charge in [-0.2, -0.15) is 0 Å². The van der Waals surface area contributed by atoms with E-state index in [-0.39, 0.29) is 13.1 Å². The first-order valence-corrected chi connectivity index (χ1v) is 4.97. The van der Waals surface area contributed by atoms with E-state index in [9.17, 15) is 8.78 Å². The molecule has 1 aliphatic carbocycles. The standard InChI is InChI=1S/C9H14F2N2/c10-9(11)4-13(5-9)3-8-6-1-12-2-7(6)8/h6-8,12H,1-5H2/t6-,7+,8+. The van der Waals surface area contributed by atoms with Crippen molar-refractivity contribution in [2.24, 2.45) is 17.8 Å². The van der Waals surface area contributed by atoms with Crippen molar-refractivity contribution in [1.82, 2.24) is 10.2 Å². The minimum Gasteiger partial charge on any atom is -0.316 e. The molecule has 0 spiro atoms. The molecule has 3 aliphatic rings. The highest BCUT2D eigenvalue weighted by Crippen LogP contribution is 2.49. The molecule has 13 heavy (non-hydrogen) atoms. The molecule has 3 fully saturated rings. The zero-order chi connectivity index (χ0) is 9.05. The van der Waals surface area contributed by atoms with Gasteiger partial charge in [-0.15, -0.1) is 0 Å². The molecule has 0 bridgehead atoms. The summed E-state index contributed by atoms with van der Waals surface area (Å²) in [4.78, 5) is 1.89. The number of halogens is 2. The van der Waals surface area contributed by atoms with Crippen molar-refractivity contribution in [3.05, 3.63) is 0 Å². The van der Waals surface area contributed by atoms with Crippen LogP contribution in [0, 0.1) is 17.8 Å². The quantitative estimate of drug-likeness (QED) is 0.675. The van der Waals surface area contributed by atoms with Crippen LogP contribution in [-0.4, -0.2) is 43.5 Å². The summed E-state index contributed by atoms with van der Waals surface area (Å²) in [5.41, 5.74) is 0. The second-order valence-electron chi connectivity index (χ2n) is 4.68. The van der Waals surface area contributed by atoms with Crippen LogP contribution in [0.2, 0.25) is 0 Å². The average molecular weight is 188 g/mol. The van der Waals surface area contributed by atoms with Gasteiger partial charge in [0, 0.05) is 6.54 Å². The summed E-state index contributed by atoms with van der Waals surface area (Å²) in [5, 5.41) is 3.31. The lowest BCUT2D eigenvalue weighted by atomic mass is 10.1. The van der Waals surface area contributed by atoms with Gasteiger partial charge in [0.15, 0.2) is 0 Å². The third-order valence-corrected chi connectivity index (χ3v) is 3.65. The third-order valence-electron chi connectivity index (χ3n) is 3.65. The van der Waals surface area contributed by atoms with E-state index in [4.69, 9.17) is 0 Å². The van der Waals surface area contributed by atoms with Crippen LogP contribution >= 0.6 is 0 Å². The summed E-state index contributed by atoms with van der Waals surface area (Å²) in [7, 11) is 0. The highest BCUT2D eigenvalue weighted by molar-refractivity contribution is 5.06. The van der Waals surface area contributed by atoms with Gasteiger partial charge in [0.1, 0.15) is 0 Å². The molecule has 0 aromatic rings. The Bertz CT molecular complexity index is 214. The first-order chi connectivity index (χ1) is 6.16. The van der Waals surface area contributed by atoms with E-state index >= 15 is 0 Å². The van der Waals surface area contributed by atoms with Crippen molar-refractivity contribution in [2.45, 2.75) is 5.92 Å². The normalized spacial score (nSPS) is 47.1. The summed E-state index contributed by atoms with van der Waals surface area (Å²) in [5.74, 6) is -0.0665. The number of hydrogen-bond acceptors (Lipinski definition) is 2. The lowest BCUT2D eigenvalue weighted by Crippen LogP contribution is -2.56. The summed E-state index contributed by atoms with van der Waals surface area (Å²) in [6.07, 6.45) is 0. The van der Waals surface area contributed by atoms with Crippen LogP contribution in [0.4, 0.5) is 8.78 Å².